The first-order valence-electron chi connectivity index (χ1n) is 5.27. The third-order valence-corrected chi connectivity index (χ3v) is 2.12. The van der Waals surface area contributed by atoms with Crippen molar-refractivity contribution in [3.8, 4) is 0 Å². The zero-order chi connectivity index (χ0) is 12.2. The van der Waals surface area contributed by atoms with E-state index in [4.69, 9.17) is 5.73 Å². The predicted octanol–water partition coefficient (Wildman–Crippen LogP) is 1.20. The van der Waals surface area contributed by atoms with E-state index in [9.17, 15) is 4.79 Å². The minimum Gasteiger partial charge on any atom is -0.383 e. The van der Waals surface area contributed by atoms with Crippen molar-refractivity contribution in [3.05, 3.63) is 29.8 Å². The van der Waals surface area contributed by atoms with Crippen molar-refractivity contribution in [2.75, 3.05) is 18.9 Å². The molecule has 0 fully saturated rings. The summed E-state index contributed by atoms with van der Waals surface area (Å²) in [6, 6.07) is 7.31. The molecule has 4 N–H and O–H groups in total. The van der Waals surface area contributed by atoms with E-state index in [0.717, 1.165) is 5.69 Å². The van der Waals surface area contributed by atoms with Gasteiger partial charge in [-0.25, -0.2) is 0 Å². The molecule has 0 aliphatic rings. The Labute approximate surface area is 96.2 Å². The van der Waals surface area contributed by atoms with Crippen LogP contribution in [0.2, 0.25) is 0 Å². The van der Waals surface area contributed by atoms with E-state index in [0.29, 0.717) is 12.1 Å². The third-order valence-electron chi connectivity index (χ3n) is 2.12. The fraction of sp³-hybridized carbons (Fsp3) is 0.417. The van der Waals surface area contributed by atoms with Crippen LogP contribution in [0.3, 0.4) is 0 Å². The molecule has 88 valence electrons. The van der Waals surface area contributed by atoms with Crippen molar-refractivity contribution in [2.45, 2.75) is 19.4 Å². The van der Waals surface area contributed by atoms with E-state index in [1.54, 1.807) is 19.2 Å². The van der Waals surface area contributed by atoms with Gasteiger partial charge in [0.05, 0.1) is 0 Å². The van der Waals surface area contributed by atoms with E-state index < -0.39 is 0 Å². The van der Waals surface area contributed by atoms with Crippen molar-refractivity contribution < 1.29 is 4.79 Å². The Kier molecular flexibility index (Phi) is 3.90. The van der Waals surface area contributed by atoms with E-state index in [2.05, 4.69) is 10.6 Å². The van der Waals surface area contributed by atoms with Crippen molar-refractivity contribution in [1.29, 1.82) is 0 Å². The first-order chi connectivity index (χ1) is 7.42. The summed E-state index contributed by atoms with van der Waals surface area (Å²) in [5, 5.41) is 5.79. The molecule has 0 unspecified atom stereocenters. The first kappa shape index (κ1) is 12.5. The number of benzene rings is 1. The lowest BCUT2D eigenvalue weighted by atomic mass is 10.1. The van der Waals surface area contributed by atoms with Crippen LogP contribution >= 0.6 is 0 Å². The van der Waals surface area contributed by atoms with Crippen LogP contribution in [0.25, 0.3) is 0 Å². The average Bonchev–Trinajstić information content (AvgIpc) is 2.25. The molecule has 0 saturated carbocycles. The Bertz CT molecular complexity index is 352. The first-order valence-corrected chi connectivity index (χ1v) is 5.27. The van der Waals surface area contributed by atoms with Gasteiger partial charge in [0.25, 0.3) is 5.91 Å². The Morgan fingerprint density at radius 3 is 2.31 bits per heavy atom. The topological polar surface area (TPSA) is 67.2 Å². The molecular weight excluding hydrogens is 202 g/mol. The van der Waals surface area contributed by atoms with Crippen LogP contribution in [0.5, 0.6) is 0 Å². The zero-order valence-corrected chi connectivity index (χ0v) is 10.0. The second-order valence-electron chi connectivity index (χ2n) is 4.50. The molecule has 1 aromatic carbocycles. The number of amides is 1. The maximum atomic E-state index is 11.3. The van der Waals surface area contributed by atoms with Gasteiger partial charge in [0.15, 0.2) is 0 Å². The minimum absolute atomic E-state index is 0.0781. The van der Waals surface area contributed by atoms with E-state index in [1.807, 2.05) is 26.0 Å². The van der Waals surface area contributed by atoms with E-state index in [1.165, 1.54) is 0 Å². The molecule has 1 rings (SSSR count). The normalized spacial score (nSPS) is 11.0. The molecular formula is C12H19N3O. The number of carbonyl (C=O) groups excluding carboxylic acids is 1. The molecule has 0 spiro atoms. The van der Waals surface area contributed by atoms with Gasteiger partial charge in [-0.2, -0.15) is 0 Å². The summed E-state index contributed by atoms with van der Waals surface area (Å²) in [6.45, 7) is 4.60. The molecule has 1 aromatic rings. The second kappa shape index (κ2) is 4.99. The van der Waals surface area contributed by atoms with Gasteiger partial charge < -0.3 is 16.4 Å². The molecule has 0 aliphatic carbocycles. The van der Waals surface area contributed by atoms with Gasteiger partial charge >= 0.3 is 0 Å². The summed E-state index contributed by atoms with van der Waals surface area (Å²) in [5.74, 6) is -0.0781. The fourth-order valence-corrected chi connectivity index (χ4v) is 1.21. The quantitative estimate of drug-likeness (QED) is 0.715. The molecule has 16 heavy (non-hydrogen) atoms. The molecule has 0 saturated heterocycles. The highest BCUT2D eigenvalue weighted by Crippen LogP contribution is 2.10. The van der Waals surface area contributed by atoms with Gasteiger partial charge in [0, 0.05) is 30.4 Å². The summed E-state index contributed by atoms with van der Waals surface area (Å²) in [6.07, 6.45) is 0. The van der Waals surface area contributed by atoms with Gasteiger partial charge in [0.1, 0.15) is 0 Å². The lowest BCUT2D eigenvalue weighted by Crippen LogP contribution is -2.39. The lowest BCUT2D eigenvalue weighted by molar-refractivity contribution is 0.0963. The van der Waals surface area contributed by atoms with Crippen LogP contribution < -0.4 is 16.4 Å². The SMILES string of the molecule is CNC(=O)c1ccc(NCC(C)(C)N)cc1. The van der Waals surface area contributed by atoms with Crippen LogP contribution in [-0.4, -0.2) is 25.0 Å². The number of hydrogen-bond donors (Lipinski definition) is 3. The highest BCUT2D eigenvalue weighted by Gasteiger charge is 2.09. The lowest BCUT2D eigenvalue weighted by Gasteiger charge is -2.19. The van der Waals surface area contributed by atoms with Crippen molar-refractivity contribution >= 4 is 11.6 Å². The molecule has 1 amide bonds. The Hall–Kier alpha value is -1.55. The van der Waals surface area contributed by atoms with Crippen molar-refractivity contribution in [3.63, 3.8) is 0 Å². The maximum absolute atomic E-state index is 11.3. The fourth-order valence-electron chi connectivity index (χ4n) is 1.21. The Morgan fingerprint density at radius 2 is 1.88 bits per heavy atom. The van der Waals surface area contributed by atoms with Crippen LogP contribution in [0.4, 0.5) is 5.69 Å². The average molecular weight is 221 g/mol. The van der Waals surface area contributed by atoms with Gasteiger partial charge in [-0.05, 0) is 38.1 Å². The molecule has 0 heterocycles. The number of hydrogen-bond acceptors (Lipinski definition) is 3. The number of nitrogens with one attached hydrogen (secondary N) is 2. The van der Waals surface area contributed by atoms with Crippen molar-refractivity contribution in [2.24, 2.45) is 5.73 Å². The molecule has 4 heteroatoms. The number of anilines is 1. The summed E-state index contributed by atoms with van der Waals surface area (Å²) in [7, 11) is 1.62. The van der Waals surface area contributed by atoms with Gasteiger partial charge in [0.2, 0.25) is 0 Å². The summed E-state index contributed by atoms with van der Waals surface area (Å²) in [4.78, 5) is 11.3. The predicted molar refractivity (Wildman–Crippen MR) is 66.6 cm³/mol. The van der Waals surface area contributed by atoms with E-state index in [-0.39, 0.29) is 11.4 Å². The largest absolute Gasteiger partial charge is 0.383 e. The molecule has 0 atom stereocenters. The number of rotatable bonds is 4. The standard InChI is InChI=1S/C12H19N3O/c1-12(2,13)8-15-10-6-4-9(5-7-10)11(16)14-3/h4-7,15H,8,13H2,1-3H3,(H,14,16). The summed E-state index contributed by atoms with van der Waals surface area (Å²) >= 11 is 0. The van der Waals surface area contributed by atoms with Gasteiger partial charge in [-0.1, -0.05) is 0 Å². The Balaban J connectivity index is 2.62. The van der Waals surface area contributed by atoms with Crippen molar-refractivity contribution in [1.82, 2.24) is 5.32 Å². The molecule has 0 aromatic heterocycles. The smallest absolute Gasteiger partial charge is 0.251 e. The molecule has 0 bridgehead atoms. The highest BCUT2D eigenvalue weighted by atomic mass is 16.1. The number of carbonyl (C=O) groups is 1. The third kappa shape index (κ3) is 3.90. The monoisotopic (exact) mass is 221 g/mol. The van der Waals surface area contributed by atoms with Crippen LogP contribution in [-0.2, 0) is 0 Å². The van der Waals surface area contributed by atoms with Gasteiger partial charge in [-0.15, -0.1) is 0 Å². The van der Waals surface area contributed by atoms with Crippen LogP contribution in [0, 0.1) is 0 Å². The molecule has 0 aliphatic heterocycles. The Morgan fingerprint density at radius 1 is 1.31 bits per heavy atom. The van der Waals surface area contributed by atoms with Crippen LogP contribution in [0.1, 0.15) is 24.2 Å². The van der Waals surface area contributed by atoms with E-state index >= 15 is 0 Å². The van der Waals surface area contributed by atoms with Crippen LogP contribution in [0.15, 0.2) is 24.3 Å². The minimum atomic E-state index is -0.251. The summed E-state index contributed by atoms with van der Waals surface area (Å²) < 4.78 is 0. The van der Waals surface area contributed by atoms with Gasteiger partial charge in [-0.3, -0.25) is 4.79 Å². The maximum Gasteiger partial charge on any atom is 0.251 e. The zero-order valence-electron chi connectivity index (χ0n) is 10.0. The number of nitrogens with two attached hydrogens (primary N) is 1. The summed E-state index contributed by atoms with van der Waals surface area (Å²) in [5.41, 5.74) is 7.22. The highest BCUT2D eigenvalue weighted by molar-refractivity contribution is 5.94. The molecule has 0 radical (unpaired) electrons. The molecule has 4 nitrogen and oxygen atoms in total. The second-order valence-corrected chi connectivity index (χ2v) is 4.50.